The number of hydrogen-bond donors (Lipinski definition) is 1. The molecule has 1 aromatic rings. The van der Waals surface area contributed by atoms with E-state index in [4.69, 9.17) is 5.73 Å². The summed E-state index contributed by atoms with van der Waals surface area (Å²) in [4.78, 5) is 18.2. The van der Waals surface area contributed by atoms with Gasteiger partial charge in [-0.25, -0.2) is 9.97 Å². The van der Waals surface area contributed by atoms with Crippen molar-refractivity contribution in [1.82, 2.24) is 9.97 Å². The summed E-state index contributed by atoms with van der Waals surface area (Å²) in [6.07, 6.45) is 2.58. The molecule has 1 heterocycles. The molecule has 0 aliphatic carbocycles. The van der Waals surface area contributed by atoms with Crippen molar-refractivity contribution >= 4 is 24.5 Å². The molecular formula is C6H4N4OS. The Morgan fingerprint density at radius 3 is 2.67 bits per heavy atom. The van der Waals surface area contributed by atoms with Crippen molar-refractivity contribution < 1.29 is 4.79 Å². The molecule has 0 fully saturated rings. The molecule has 12 heavy (non-hydrogen) atoms. The van der Waals surface area contributed by atoms with E-state index < -0.39 is 5.78 Å². The van der Waals surface area contributed by atoms with Gasteiger partial charge in [-0.3, -0.25) is 17.6 Å². The third-order valence-electron chi connectivity index (χ3n) is 1.08. The van der Waals surface area contributed by atoms with Gasteiger partial charge in [0.15, 0.2) is 0 Å². The summed E-state index contributed by atoms with van der Waals surface area (Å²) < 4.78 is 3.03. The molecule has 60 valence electrons. The Labute approximate surface area is 74.0 Å². The molecule has 0 saturated carbocycles. The van der Waals surface area contributed by atoms with Crippen molar-refractivity contribution in [1.29, 1.82) is 0 Å². The highest BCUT2D eigenvalue weighted by molar-refractivity contribution is 7.61. The van der Waals surface area contributed by atoms with Gasteiger partial charge in [-0.1, -0.05) is 0 Å². The maximum absolute atomic E-state index is 11.0. The van der Waals surface area contributed by atoms with Crippen LogP contribution in [0.5, 0.6) is 0 Å². The van der Waals surface area contributed by atoms with Gasteiger partial charge in [0.05, 0.1) is 5.56 Å². The molecule has 0 unspecified atom stereocenters. The molecule has 0 spiro atoms. The quantitative estimate of drug-likeness (QED) is 0.375. The number of Topliss-reactive ketones (excluding diaryl/α,β-unsaturated/α-hetero) is 1. The van der Waals surface area contributed by atoms with Crippen molar-refractivity contribution in [3.05, 3.63) is 22.2 Å². The van der Waals surface area contributed by atoms with Gasteiger partial charge in [-0.15, -0.1) is 0 Å². The lowest BCUT2D eigenvalue weighted by atomic mass is 10.2. The lowest BCUT2D eigenvalue weighted by Gasteiger charge is -1.90. The minimum atomic E-state index is -0.454. The molecule has 0 aromatic carbocycles. The van der Waals surface area contributed by atoms with Gasteiger partial charge in [-0.05, 0) is 0 Å². The third-order valence-corrected chi connectivity index (χ3v) is 1.17. The Bertz CT molecular complexity index is 350. The van der Waals surface area contributed by atoms with E-state index in [1.54, 1.807) is 0 Å². The smallest absolute Gasteiger partial charge is 0.336 e. The van der Waals surface area contributed by atoms with E-state index >= 15 is 0 Å². The molecule has 5 nitrogen and oxygen atoms in total. The van der Waals surface area contributed by atoms with E-state index in [2.05, 4.69) is 33.1 Å². The fourth-order valence-corrected chi connectivity index (χ4v) is 0.644. The van der Waals surface area contributed by atoms with Gasteiger partial charge in [-0.2, -0.15) is 4.25 Å². The summed E-state index contributed by atoms with van der Waals surface area (Å²) in [7, 11) is 0. The Morgan fingerprint density at radius 2 is 2.17 bits per heavy atom. The number of nitrogens with zero attached hydrogens (tertiary/aromatic N) is 3. The van der Waals surface area contributed by atoms with Gasteiger partial charge in [0, 0.05) is 12.4 Å². The van der Waals surface area contributed by atoms with Crippen LogP contribution in [-0.2, 0) is 12.8 Å². The van der Waals surface area contributed by atoms with Crippen molar-refractivity contribution in [2.75, 3.05) is 5.73 Å². The number of rotatable bonds is 1. The predicted octanol–water partition coefficient (Wildman–Crippen LogP) is 0.0363. The van der Waals surface area contributed by atoms with E-state index in [9.17, 15) is 4.79 Å². The standard InChI is InChI=1S/C6H4N4OS/c7-6-8-1-4(2-9-6)5(11)3-10-12/h1-2H,(H2,7,8,9). The van der Waals surface area contributed by atoms with Gasteiger partial charge in [0.2, 0.25) is 5.95 Å². The fraction of sp³-hybridized carbons (Fsp3) is 0. The molecule has 0 atom stereocenters. The zero-order valence-electron chi connectivity index (χ0n) is 5.89. The molecule has 6 heteroatoms. The Balaban J connectivity index is 2.95. The van der Waals surface area contributed by atoms with Gasteiger partial charge < -0.3 is 5.73 Å². The van der Waals surface area contributed by atoms with Crippen molar-refractivity contribution in [3.8, 4) is 6.07 Å². The topological polar surface area (TPSA) is 73.2 Å². The lowest BCUT2D eigenvalue weighted by molar-refractivity contribution is 0.105. The first-order chi connectivity index (χ1) is 5.74. The molecule has 0 amide bonds. The number of carbonyl (C=O) groups is 1. The second kappa shape index (κ2) is 3.59. The zero-order chi connectivity index (χ0) is 8.97. The van der Waals surface area contributed by atoms with E-state index in [-0.39, 0.29) is 11.5 Å². The molecule has 0 aliphatic heterocycles. The van der Waals surface area contributed by atoms with Crippen LogP contribution in [0.25, 0.3) is 4.25 Å². The van der Waals surface area contributed by atoms with Crippen LogP contribution in [0.4, 0.5) is 5.95 Å². The summed E-state index contributed by atoms with van der Waals surface area (Å²) in [6.45, 7) is 0. The fourth-order valence-electron chi connectivity index (χ4n) is 0.561. The highest BCUT2D eigenvalue weighted by Crippen LogP contribution is 1.97. The minimum Gasteiger partial charge on any atom is -0.368 e. The average molecular weight is 180 g/mol. The Morgan fingerprint density at radius 1 is 1.58 bits per heavy atom. The van der Waals surface area contributed by atoms with Crippen LogP contribution in [0.2, 0.25) is 0 Å². The predicted molar refractivity (Wildman–Crippen MR) is 45.4 cm³/mol. The third kappa shape index (κ3) is 1.87. The molecule has 0 saturated heterocycles. The van der Waals surface area contributed by atoms with Crippen LogP contribution in [0.15, 0.2) is 12.4 Å². The summed E-state index contributed by atoms with van der Waals surface area (Å²) in [6, 6.07) is 2.06. The number of carbonyl (C=O) groups excluding carboxylic acids is 1. The second-order valence-electron chi connectivity index (χ2n) is 1.86. The second-order valence-corrected chi connectivity index (χ2v) is 2.04. The van der Waals surface area contributed by atoms with Gasteiger partial charge >= 0.3 is 11.9 Å². The summed E-state index contributed by atoms with van der Waals surface area (Å²) >= 11 is 4.18. The number of anilines is 1. The monoisotopic (exact) mass is 180 g/mol. The van der Waals surface area contributed by atoms with E-state index in [1.807, 2.05) is 0 Å². The van der Waals surface area contributed by atoms with Crippen molar-refractivity contribution in [2.24, 2.45) is 0 Å². The number of nitrogens with two attached hydrogens (primary N) is 1. The molecule has 0 aliphatic rings. The average Bonchev–Trinajstić information content (AvgIpc) is 2.06. The first kappa shape index (κ1) is 8.36. The first-order valence-corrected chi connectivity index (χ1v) is 3.31. The summed E-state index contributed by atoms with van der Waals surface area (Å²) in [5.74, 6) is -0.341. The largest absolute Gasteiger partial charge is 0.368 e. The maximum Gasteiger partial charge on any atom is 0.336 e. The highest BCUT2D eigenvalue weighted by Gasteiger charge is 2.07. The SMILES string of the molecule is Nc1ncc(C(=O)C#[N+][S-])cn1. The summed E-state index contributed by atoms with van der Waals surface area (Å²) in [5, 5.41) is 0. The van der Waals surface area contributed by atoms with Gasteiger partial charge in [0.25, 0.3) is 0 Å². The molecular weight excluding hydrogens is 176 g/mol. The van der Waals surface area contributed by atoms with Crippen LogP contribution in [-0.4, -0.2) is 15.8 Å². The van der Waals surface area contributed by atoms with E-state index in [0.717, 1.165) is 0 Å². The first-order valence-electron chi connectivity index (χ1n) is 2.94. The number of nitrogen functional groups attached to an aromatic ring is 1. The van der Waals surface area contributed by atoms with Crippen LogP contribution in [0.3, 0.4) is 0 Å². The molecule has 0 radical (unpaired) electrons. The Kier molecular flexibility index (Phi) is 2.50. The normalized spacial score (nSPS) is 8.33. The maximum atomic E-state index is 11.0. The Hall–Kier alpha value is -1.74. The van der Waals surface area contributed by atoms with Crippen LogP contribution in [0, 0.1) is 6.07 Å². The zero-order valence-corrected chi connectivity index (χ0v) is 6.71. The van der Waals surface area contributed by atoms with Crippen LogP contribution in [0.1, 0.15) is 10.4 Å². The van der Waals surface area contributed by atoms with Crippen LogP contribution >= 0.6 is 0 Å². The van der Waals surface area contributed by atoms with Crippen molar-refractivity contribution in [2.45, 2.75) is 0 Å². The summed E-state index contributed by atoms with van der Waals surface area (Å²) in [5.41, 5.74) is 5.46. The van der Waals surface area contributed by atoms with Crippen LogP contribution < -0.4 is 5.73 Å². The molecule has 0 bridgehead atoms. The van der Waals surface area contributed by atoms with Gasteiger partial charge in [0.1, 0.15) is 0 Å². The molecule has 1 aromatic heterocycles. The van der Waals surface area contributed by atoms with E-state index in [0.29, 0.717) is 0 Å². The number of aromatic nitrogens is 2. The number of ketones is 1. The van der Waals surface area contributed by atoms with Crippen molar-refractivity contribution in [3.63, 3.8) is 0 Å². The highest BCUT2D eigenvalue weighted by atomic mass is 32.1. The molecule has 2 N–H and O–H groups in total. The van der Waals surface area contributed by atoms with E-state index in [1.165, 1.54) is 12.4 Å². The number of hydrogen-bond acceptors (Lipinski definition) is 5. The molecule has 1 rings (SSSR count). The lowest BCUT2D eigenvalue weighted by Crippen LogP contribution is -2.00. The minimum absolute atomic E-state index is 0.113.